The third-order valence-corrected chi connectivity index (χ3v) is 3.85. The molecule has 1 unspecified atom stereocenters. The SMILES string of the molecule is CC(C)(C)OC(=O)N1CCC(Oc2ccc(Cl)nc2I)C1. The molecule has 0 bridgehead atoms. The van der Waals surface area contributed by atoms with Gasteiger partial charge in [0.2, 0.25) is 0 Å². The highest BCUT2D eigenvalue weighted by atomic mass is 127. The highest BCUT2D eigenvalue weighted by molar-refractivity contribution is 14.1. The van der Waals surface area contributed by atoms with Gasteiger partial charge in [-0.1, -0.05) is 11.6 Å². The van der Waals surface area contributed by atoms with E-state index in [1.165, 1.54) is 0 Å². The first-order chi connectivity index (χ1) is 9.74. The maximum absolute atomic E-state index is 12.0. The van der Waals surface area contributed by atoms with E-state index in [2.05, 4.69) is 27.6 Å². The van der Waals surface area contributed by atoms with E-state index in [1.807, 2.05) is 20.8 Å². The first kappa shape index (κ1) is 16.6. The molecule has 1 aliphatic rings. The second-order valence-corrected chi connectivity index (χ2v) is 7.29. The molecule has 2 rings (SSSR count). The highest BCUT2D eigenvalue weighted by Gasteiger charge is 2.31. The van der Waals surface area contributed by atoms with Crippen LogP contribution in [0.15, 0.2) is 12.1 Å². The molecule has 2 heterocycles. The van der Waals surface area contributed by atoms with E-state index in [1.54, 1.807) is 17.0 Å². The van der Waals surface area contributed by atoms with Gasteiger partial charge in [-0.25, -0.2) is 9.78 Å². The van der Waals surface area contributed by atoms with E-state index in [9.17, 15) is 4.79 Å². The van der Waals surface area contributed by atoms with Gasteiger partial charge in [0.25, 0.3) is 0 Å². The lowest BCUT2D eigenvalue weighted by Gasteiger charge is -2.24. The van der Waals surface area contributed by atoms with Crippen LogP contribution >= 0.6 is 34.2 Å². The van der Waals surface area contributed by atoms with E-state index >= 15 is 0 Å². The molecule has 0 aromatic carbocycles. The highest BCUT2D eigenvalue weighted by Crippen LogP contribution is 2.25. The van der Waals surface area contributed by atoms with Gasteiger partial charge < -0.3 is 14.4 Å². The van der Waals surface area contributed by atoms with Crippen molar-refractivity contribution in [3.63, 3.8) is 0 Å². The van der Waals surface area contributed by atoms with Crippen molar-refractivity contribution in [2.24, 2.45) is 0 Å². The van der Waals surface area contributed by atoms with Crippen LogP contribution in [-0.4, -0.2) is 40.8 Å². The van der Waals surface area contributed by atoms with Crippen molar-refractivity contribution in [2.45, 2.75) is 38.9 Å². The average Bonchev–Trinajstić information content (AvgIpc) is 2.79. The number of aromatic nitrogens is 1. The van der Waals surface area contributed by atoms with Crippen molar-refractivity contribution in [1.82, 2.24) is 9.88 Å². The van der Waals surface area contributed by atoms with E-state index in [0.717, 1.165) is 10.1 Å². The Morgan fingerprint density at radius 2 is 2.19 bits per heavy atom. The number of halogens is 2. The summed E-state index contributed by atoms with van der Waals surface area (Å²) < 4.78 is 12.0. The molecular weight excluding hydrogens is 407 g/mol. The Morgan fingerprint density at radius 3 is 2.81 bits per heavy atom. The fourth-order valence-electron chi connectivity index (χ4n) is 1.98. The number of carbonyl (C=O) groups is 1. The van der Waals surface area contributed by atoms with Crippen molar-refractivity contribution in [3.8, 4) is 5.75 Å². The molecule has 1 aliphatic heterocycles. The molecule has 1 aromatic rings. The quantitative estimate of drug-likeness (QED) is 0.536. The Kier molecular flexibility index (Phi) is 5.19. The molecule has 0 radical (unpaired) electrons. The van der Waals surface area contributed by atoms with E-state index in [-0.39, 0.29) is 12.2 Å². The molecule has 5 nitrogen and oxygen atoms in total. The normalized spacial score (nSPS) is 18.7. The van der Waals surface area contributed by atoms with Gasteiger partial charge in [0.1, 0.15) is 20.6 Å². The molecule has 116 valence electrons. The van der Waals surface area contributed by atoms with Crippen LogP contribution in [0.1, 0.15) is 27.2 Å². The van der Waals surface area contributed by atoms with E-state index < -0.39 is 5.60 Å². The largest absolute Gasteiger partial charge is 0.486 e. The van der Waals surface area contributed by atoms with Crippen LogP contribution in [-0.2, 0) is 4.74 Å². The molecule has 0 saturated carbocycles. The minimum Gasteiger partial charge on any atom is -0.486 e. The zero-order chi connectivity index (χ0) is 15.6. The predicted octanol–water partition coefficient (Wildman–Crippen LogP) is 3.73. The summed E-state index contributed by atoms with van der Waals surface area (Å²) in [5, 5.41) is 0.438. The molecule has 7 heteroatoms. The Bertz CT molecular complexity index is 533. The molecule has 0 aliphatic carbocycles. The van der Waals surface area contributed by atoms with E-state index in [4.69, 9.17) is 21.1 Å². The third-order valence-electron chi connectivity index (χ3n) is 2.87. The summed E-state index contributed by atoms with van der Waals surface area (Å²) in [6.45, 7) is 6.73. The van der Waals surface area contributed by atoms with Crippen molar-refractivity contribution in [3.05, 3.63) is 21.0 Å². The molecule has 1 fully saturated rings. The van der Waals surface area contributed by atoms with Gasteiger partial charge in [-0.15, -0.1) is 0 Å². The van der Waals surface area contributed by atoms with Crippen LogP contribution in [0, 0.1) is 3.70 Å². The zero-order valence-corrected chi connectivity index (χ0v) is 15.1. The van der Waals surface area contributed by atoms with Crippen LogP contribution in [0.2, 0.25) is 5.15 Å². The van der Waals surface area contributed by atoms with Gasteiger partial charge in [0.05, 0.1) is 6.54 Å². The number of rotatable bonds is 2. The van der Waals surface area contributed by atoms with Crippen LogP contribution in [0.3, 0.4) is 0 Å². The molecule has 1 amide bonds. The van der Waals surface area contributed by atoms with Crippen molar-refractivity contribution >= 4 is 40.3 Å². The third kappa shape index (κ3) is 4.88. The zero-order valence-electron chi connectivity index (χ0n) is 12.2. The van der Waals surface area contributed by atoms with Crippen LogP contribution in [0.4, 0.5) is 4.79 Å². The van der Waals surface area contributed by atoms with Gasteiger partial charge in [-0.05, 0) is 55.5 Å². The summed E-state index contributed by atoms with van der Waals surface area (Å²) in [6.07, 6.45) is 0.435. The Hall–Kier alpha value is -0.760. The summed E-state index contributed by atoms with van der Waals surface area (Å²) in [5.41, 5.74) is -0.481. The molecule has 21 heavy (non-hydrogen) atoms. The number of nitrogens with zero attached hydrogens (tertiary/aromatic N) is 2. The number of hydrogen-bond donors (Lipinski definition) is 0. The van der Waals surface area contributed by atoms with Crippen LogP contribution < -0.4 is 4.74 Å². The van der Waals surface area contributed by atoms with Gasteiger partial charge >= 0.3 is 6.09 Å². The first-order valence-electron chi connectivity index (χ1n) is 6.71. The smallest absolute Gasteiger partial charge is 0.410 e. The van der Waals surface area contributed by atoms with Crippen molar-refractivity contribution in [2.75, 3.05) is 13.1 Å². The number of amides is 1. The summed E-state index contributed by atoms with van der Waals surface area (Å²) in [6, 6.07) is 3.49. The second kappa shape index (κ2) is 6.56. The maximum atomic E-state index is 12.0. The topological polar surface area (TPSA) is 51.7 Å². The molecule has 0 spiro atoms. The van der Waals surface area contributed by atoms with Gasteiger partial charge in [-0.3, -0.25) is 0 Å². The second-order valence-electron chi connectivity index (χ2n) is 5.88. The summed E-state index contributed by atoms with van der Waals surface area (Å²) in [7, 11) is 0. The maximum Gasteiger partial charge on any atom is 0.410 e. The van der Waals surface area contributed by atoms with Gasteiger partial charge in [0, 0.05) is 13.0 Å². The lowest BCUT2D eigenvalue weighted by molar-refractivity contribution is 0.0275. The lowest BCUT2D eigenvalue weighted by atomic mass is 10.2. The average molecular weight is 425 g/mol. The van der Waals surface area contributed by atoms with Crippen LogP contribution in [0.5, 0.6) is 5.75 Å². The Labute approximate surface area is 143 Å². The fraction of sp³-hybridized carbons (Fsp3) is 0.571. The van der Waals surface area contributed by atoms with E-state index in [0.29, 0.717) is 24.0 Å². The number of hydrogen-bond acceptors (Lipinski definition) is 4. The fourth-order valence-corrected chi connectivity index (χ4v) is 2.84. The minimum absolute atomic E-state index is 0.0472. The van der Waals surface area contributed by atoms with Crippen molar-refractivity contribution < 1.29 is 14.3 Å². The van der Waals surface area contributed by atoms with Crippen LogP contribution in [0.25, 0.3) is 0 Å². The van der Waals surface area contributed by atoms with Gasteiger partial charge in [-0.2, -0.15) is 0 Å². The molecule has 1 aromatic heterocycles. The first-order valence-corrected chi connectivity index (χ1v) is 8.17. The lowest BCUT2D eigenvalue weighted by Crippen LogP contribution is -2.36. The molecule has 1 saturated heterocycles. The number of carbonyl (C=O) groups excluding carboxylic acids is 1. The summed E-state index contributed by atoms with van der Waals surface area (Å²) >= 11 is 7.90. The number of pyridine rings is 1. The predicted molar refractivity (Wildman–Crippen MR) is 88.8 cm³/mol. The van der Waals surface area contributed by atoms with Crippen molar-refractivity contribution in [1.29, 1.82) is 0 Å². The standard InChI is InChI=1S/C14H18ClIN2O3/c1-14(2,3)21-13(19)18-7-6-9(8-18)20-10-4-5-11(15)17-12(10)16/h4-5,9H,6-8H2,1-3H3. The summed E-state index contributed by atoms with van der Waals surface area (Å²) in [4.78, 5) is 17.8. The minimum atomic E-state index is -0.481. The molecule has 0 N–H and O–H groups in total. The molecular formula is C14H18ClIN2O3. The number of ether oxygens (including phenoxy) is 2. The summed E-state index contributed by atoms with van der Waals surface area (Å²) in [5.74, 6) is 0.691. The Morgan fingerprint density at radius 1 is 1.48 bits per heavy atom. The number of likely N-dealkylation sites (tertiary alicyclic amines) is 1. The molecule has 1 atom stereocenters. The Balaban J connectivity index is 1.92. The van der Waals surface area contributed by atoms with Gasteiger partial charge in [0.15, 0.2) is 5.75 Å². The monoisotopic (exact) mass is 424 g/mol.